The largest absolute Gasteiger partial charge is 0.356 e. The Morgan fingerprint density at radius 3 is 2.11 bits per heavy atom. The highest BCUT2D eigenvalue weighted by atomic mass is 16.2. The van der Waals surface area contributed by atoms with Gasteiger partial charge >= 0.3 is 0 Å². The fraction of sp³-hybridized carbons (Fsp3) is 0.867. The van der Waals surface area contributed by atoms with Crippen LogP contribution in [0.3, 0.4) is 0 Å². The number of rotatable bonds is 8. The molecule has 0 aliphatic carbocycles. The second kappa shape index (κ2) is 8.94. The van der Waals surface area contributed by atoms with Crippen LogP contribution < -0.4 is 10.6 Å². The molecule has 4 heteroatoms. The van der Waals surface area contributed by atoms with Crippen molar-refractivity contribution in [2.24, 2.45) is 11.3 Å². The van der Waals surface area contributed by atoms with Gasteiger partial charge in [-0.3, -0.25) is 9.59 Å². The molecule has 0 aromatic rings. The predicted octanol–water partition coefficient (Wildman–Crippen LogP) is 2.48. The summed E-state index contributed by atoms with van der Waals surface area (Å²) >= 11 is 0. The molecule has 2 amide bonds. The Balaban J connectivity index is 3.52. The van der Waals surface area contributed by atoms with E-state index in [4.69, 9.17) is 0 Å². The maximum absolute atomic E-state index is 11.5. The van der Waals surface area contributed by atoms with E-state index >= 15 is 0 Å². The molecule has 0 heterocycles. The first-order valence-electron chi connectivity index (χ1n) is 7.24. The number of carbonyl (C=O) groups excluding carboxylic acids is 2. The van der Waals surface area contributed by atoms with E-state index in [1.165, 1.54) is 0 Å². The first-order valence-corrected chi connectivity index (χ1v) is 7.24. The lowest BCUT2D eigenvalue weighted by Crippen LogP contribution is -2.31. The van der Waals surface area contributed by atoms with Crippen molar-refractivity contribution in [3.63, 3.8) is 0 Å². The summed E-state index contributed by atoms with van der Waals surface area (Å²) in [4.78, 5) is 22.9. The Labute approximate surface area is 117 Å². The number of hydrogen-bond acceptors (Lipinski definition) is 2. The van der Waals surface area contributed by atoms with Gasteiger partial charge in [-0.05, 0) is 24.2 Å². The Morgan fingerprint density at radius 1 is 1.00 bits per heavy atom. The van der Waals surface area contributed by atoms with Gasteiger partial charge in [0.05, 0.1) is 0 Å². The molecular weight excluding hydrogens is 240 g/mol. The van der Waals surface area contributed by atoms with Crippen LogP contribution in [0.2, 0.25) is 0 Å². The Hall–Kier alpha value is -1.06. The molecule has 0 radical (unpaired) electrons. The van der Waals surface area contributed by atoms with E-state index in [0.29, 0.717) is 30.7 Å². The second-order valence-electron chi connectivity index (χ2n) is 6.71. The van der Waals surface area contributed by atoms with Crippen molar-refractivity contribution in [2.45, 2.75) is 60.3 Å². The quantitative estimate of drug-likeness (QED) is 0.666. The van der Waals surface area contributed by atoms with Crippen molar-refractivity contribution in [1.82, 2.24) is 10.6 Å². The average molecular weight is 270 g/mol. The summed E-state index contributed by atoms with van der Waals surface area (Å²) in [6.07, 6.45) is 2.97. The zero-order valence-corrected chi connectivity index (χ0v) is 13.1. The van der Waals surface area contributed by atoms with Crippen molar-refractivity contribution in [1.29, 1.82) is 0 Å². The minimum Gasteiger partial charge on any atom is -0.356 e. The van der Waals surface area contributed by atoms with Crippen LogP contribution in [0, 0.1) is 11.3 Å². The summed E-state index contributed by atoms with van der Waals surface area (Å²) < 4.78 is 0. The van der Waals surface area contributed by atoms with Crippen LogP contribution in [0.5, 0.6) is 0 Å². The summed E-state index contributed by atoms with van der Waals surface area (Å²) in [5, 5.41) is 5.64. The van der Waals surface area contributed by atoms with Gasteiger partial charge in [0.1, 0.15) is 0 Å². The summed E-state index contributed by atoms with van der Waals surface area (Å²) in [5.74, 6) is 0.389. The molecule has 0 aliphatic rings. The maximum atomic E-state index is 11.5. The number of amides is 2. The van der Waals surface area contributed by atoms with Gasteiger partial charge in [0.25, 0.3) is 0 Å². The van der Waals surface area contributed by atoms with Crippen LogP contribution >= 0.6 is 0 Å². The molecule has 0 saturated carbocycles. The van der Waals surface area contributed by atoms with Crippen molar-refractivity contribution in [3.05, 3.63) is 0 Å². The Kier molecular flexibility index (Phi) is 8.44. The molecule has 0 rings (SSSR count). The molecular formula is C15H30N2O2. The van der Waals surface area contributed by atoms with Gasteiger partial charge in [-0.1, -0.05) is 34.6 Å². The molecule has 0 bridgehead atoms. The molecule has 0 saturated heterocycles. The third kappa shape index (κ3) is 13.2. The maximum Gasteiger partial charge on any atom is 0.221 e. The van der Waals surface area contributed by atoms with Crippen molar-refractivity contribution in [2.75, 3.05) is 13.1 Å². The molecule has 0 aromatic carbocycles. The molecule has 0 aromatic heterocycles. The topological polar surface area (TPSA) is 58.2 Å². The minimum atomic E-state index is 0.0127. The third-order valence-electron chi connectivity index (χ3n) is 2.69. The van der Waals surface area contributed by atoms with E-state index in [1.807, 2.05) is 13.8 Å². The number of nitrogens with one attached hydrogen (secondary N) is 2. The molecule has 4 nitrogen and oxygen atoms in total. The summed E-state index contributed by atoms with van der Waals surface area (Å²) in [6.45, 7) is 11.7. The molecule has 0 fully saturated rings. The number of carbonyl (C=O) groups is 2. The van der Waals surface area contributed by atoms with Crippen LogP contribution in [0.15, 0.2) is 0 Å². The molecule has 2 N–H and O–H groups in total. The van der Waals surface area contributed by atoms with Crippen molar-refractivity contribution < 1.29 is 9.59 Å². The predicted molar refractivity (Wildman–Crippen MR) is 78.8 cm³/mol. The highest BCUT2D eigenvalue weighted by Gasteiger charge is 2.10. The minimum absolute atomic E-state index is 0.0127. The second-order valence-corrected chi connectivity index (χ2v) is 6.71. The van der Waals surface area contributed by atoms with Gasteiger partial charge in [0.15, 0.2) is 0 Å². The lowest BCUT2D eigenvalue weighted by atomic mass is 9.91. The highest BCUT2D eigenvalue weighted by Crippen LogP contribution is 2.19. The summed E-state index contributed by atoms with van der Waals surface area (Å²) in [5.41, 5.74) is 0.315. The summed E-state index contributed by atoms with van der Waals surface area (Å²) in [7, 11) is 0. The van der Waals surface area contributed by atoms with Crippen LogP contribution in [0.1, 0.15) is 60.3 Å². The van der Waals surface area contributed by atoms with E-state index in [0.717, 1.165) is 19.4 Å². The van der Waals surface area contributed by atoms with Crippen LogP contribution in [-0.2, 0) is 9.59 Å². The van der Waals surface area contributed by atoms with E-state index < -0.39 is 0 Å². The lowest BCUT2D eigenvalue weighted by molar-refractivity contribution is -0.122. The Morgan fingerprint density at radius 2 is 1.58 bits per heavy atom. The SMILES string of the molecule is CC(C)CC(=O)NCCC(=O)NCCCC(C)(C)C. The van der Waals surface area contributed by atoms with Gasteiger partial charge < -0.3 is 10.6 Å². The van der Waals surface area contributed by atoms with E-state index in [9.17, 15) is 9.59 Å². The number of hydrogen-bond donors (Lipinski definition) is 2. The summed E-state index contributed by atoms with van der Waals surface area (Å²) in [6, 6.07) is 0. The zero-order chi connectivity index (χ0) is 14.9. The van der Waals surface area contributed by atoms with Gasteiger partial charge in [-0.2, -0.15) is 0 Å². The molecule has 0 spiro atoms. The van der Waals surface area contributed by atoms with Crippen molar-refractivity contribution in [3.8, 4) is 0 Å². The first-order chi connectivity index (χ1) is 8.70. The zero-order valence-electron chi connectivity index (χ0n) is 13.1. The third-order valence-corrected chi connectivity index (χ3v) is 2.69. The van der Waals surface area contributed by atoms with E-state index in [2.05, 4.69) is 31.4 Å². The van der Waals surface area contributed by atoms with E-state index in [-0.39, 0.29) is 11.8 Å². The first kappa shape index (κ1) is 17.9. The van der Waals surface area contributed by atoms with Crippen LogP contribution in [0.4, 0.5) is 0 Å². The van der Waals surface area contributed by atoms with Crippen LogP contribution in [0.25, 0.3) is 0 Å². The fourth-order valence-corrected chi connectivity index (χ4v) is 1.69. The lowest BCUT2D eigenvalue weighted by Gasteiger charge is -2.17. The van der Waals surface area contributed by atoms with Crippen molar-refractivity contribution >= 4 is 11.8 Å². The fourth-order valence-electron chi connectivity index (χ4n) is 1.69. The van der Waals surface area contributed by atoms with Gasteiger partial charge in [0, 0.05) is 25.9 Å². The normalized spacial score (nSPS) is 11.5. The van der Waals surface area contributed by atoms with E-state index in [1.54, 1.807) is 0 Å². The Bertz CT molecular complexity index is 280. The van der Waals surface area contributed by atoms with Crippen LogP contribution in [-0.4, -0.2) is 24.9 Å². The molecule has 19 heavy (non-hydrogen) atoms. The standard InChI is InChI=1S/C15H30N2O2/c1-12(2)11-14(19)17-10-7-13(18)16-9-6-8-15(3,4)5/h12H,6-11H2,1-5H3,(H,16,18)(H,17,19). The monoisotopic (exact) mass is 270 g/mol. The smallest absolute Gasteiger partial charge is 0.221 e. The highest BCUT2D eigenvalue weighted by molar-refractivity contribution is 5.78. The molecule has 0 atom stereocenters. The van der Waals surface area contributed by atoms with Gasteiger partial charge in [-0.25, -0.2) is 0 Å². The van der Waals surface area contributed by atoms with Gasteiger partial charge in [0.2, 0.25) is 11.8 Å². The molecule has 112 valence electrons. The molecule has 0 unspecified atom stereocenters. The average Bonchev–Trinajstić information content (AvgIpc) is 2.22. The molecule has 0 aliphatic heterocycles. The van der Waals surface area contributed by atoms with Gasteiger partial charge in [-0.15, -0.1) is 0 Å².